The number of aryl methyl sites for hydroxylation is 1. The molecule has 0 bridgehead atoms. The molecule has 2 aromatic heterocycles. The van der Waals surface area contributed by atoms with E-state index in [1.807, 2.05) is 13.0 Å². The largest absolute Gasteiger partial charge is 0.347 e. The standard InChI is InChI=1S/C15H18N4O3S/c1-11-7-13(18-14(8-11)19-5-4-16-10-19)15(20)17-12-3-2-6-23(21,22)9-12/h4-5,7-8,10,12H,2-3,6,9H2,1H3,(H,17,20)/t12-/m0/s1. The van der Waals surface area contributed by atoms with Gasteiger partial charge in [0.05, 0.1) is 11.5 Å². The van der Waals surface area contributed by atoms with Gasteiger partial charge in [-0.25, -0.2) is 18.4 Å². The molecule has 0 unspecified atom stereocenters. The minimum Gasteiger partial charge on any atom is -0.347 e. The number of carbonyl (C=O) groups excluding carboxylic acids is 1. The number of imidazole rings is 1. The third-order valence-corrected chi connectivity index (χ3v) is 5.58. The van der Waals surface area contributed by atoms with Gasteiger partial charge in [-0.05, 0) is 37.5 Å². The molecule has 1 fully saturated rings. The summed E-state index contributed by atoms with van der Waals surface area (Å²) < 4.78 is 25.0. The quantitative estimate of drug-likeness (QED) is 0.899. The van der Waals surface area contributed by atoms with Gasteiger partial charge in [0.1, 0.15) is 17.8 Å². The highest BCUT2D eigenvalue weighted by Gasteiger charge is 2.26. The van der Waals surface area contributed by atoms with Gasteiger partial charge in [-0.15, -0.1) is 0 Å². The van der Waals surface area contributed by atoms with E-state index in [2.05, 4.69) is 15.3 Å². The first-order valence-electron chi connectivity index (χ1n) is 7.41. The Morgan fingerprint density at radius 1 is 1.39 bits per heavy atom. The second-order valence-electron chi connectivity index (χ2n) is 5.78. The molecule has 2 aromatic rings. The number of pyridine rings is 1. The van der Waals surface area contributed by atoms with E-state index < -0.39 is 9.84 Å². The zero-order valence-electron chi connectivity index (χ0n) is 12.8. The lowest BCUT2D eigenvalue weighted by molar-refractivity contribution is 0.0933. The molecule has 0 aromatic carbocycles. The van der Waals surface area contributed by atoms with Crippen LogP contribution in [-0.4, -0.2) is 46.4 Å². The van der Waals surface area contributed by atoms with Gasteiger partial charge in [0.25, 0.3) is 5.91 Å². The highest BCUT2D eigenvalue weighted by Crippen LogP contribution is 2.14. The summed E-state index contributed by atoms with van der Waals surface area (Å²) in [6.45, 7) is 1.88. The maximum atomic E-state index is 12.4. The van der Waals surface area contributed by atoms with Gasteiger partial charge in [0.15, 0.2) is 9.84 Å². The predicted octanol–water partition coefficient (Wildman–Crippen LogP) is 0.883. The number of hydrogen-bond acceptors (Lipinski definition) is 5. The third-order valence-electron chi connectivity index (χ3n) is 3.76. The predicted molar refractivity (Wildman–Crippen MR) is 85.2 cm³/mol. The number of sulfone groups is 1. The number of carbonyl (C=O) groups is 1. The number of rotatable bonds is 3. The lowest BCUT2D eigenvalue weighted by Gasteiger charge is -2.22. The Kier molecular flexibility index (Phi) is 4.16. The van der Waals surface area contributed by atoms with Crippen LogP contribution < -0.4 is 5.32 Å². The van der Waals surface area contributed by atoms with E-state index in [1.54, 1.807) is 29.4 Å². The first-order chi connectivity index (χ1) is 10.9. The lowest BCUT2D eigenvalue weighted by atomic mass is 10.1. The second-order valence-corrected chi connectivity index (χ2v) is 8.01. The molecule has 3 rings (SSSR count). The van der Waals surface area contributed by atoms with Crippen LogP contribution in [0.25, 0.3) is 5.82 Å². The zero-order chi connectivity index (χ0) is 16.4. The van der Waals surface area contributed by atoms with Crippen molar-refractivity contribution in [3.8, 4) is 5.82 Å². The number of aromatic nitrogens is 3. The van der Waals surface area contributed by atoms with Crippen molar-refractivity contribution in [1.82, 2.24) is 19.9 Å². The molecular weight excluding hydrogens is 316 g/mol. The smallest absolute Gasteiger partial charge is 0.270 e. The molecule has 7 nitrogen and oxygen atoms in total. The van der Waals surface area contributed by atoms with E-state index in [4.69, 9.17) is 0 Å². The Morgan fingerprint density at radius 3 is 2.91 bits per heavy atom. The topological polar surface area (TPSA) is 94.0 Å². The molecular formula is C15H18N4O3S. The SMILES string of the molecule is Cc1cc(C(=O)N[C@H]2CCCS(=O)(=O)C2)nc(-n2ccnc2)c1. The zero-order valence-corrected chi connectivity index (χ0v) is 13.6. The van der Waals surface area contributed by atoms with E-state index in [-0.39, 0.29) is 29.1 Å². The van der Waals surface area contributed by atoms with Gasteiger partial charge in [0, 0.05) is 18.4 Å². The third kappa shape index (κ3) is 3.76. The maximum Gasteiger partial charge on any atom is 0.270 e. The fourth-order valence-corrected chi connectivity index (χ4v) is 4.32. The van der Waals surface area contributed by atoms with Crippen LogP contribution in [0.1, 0.15) is 28.9 Å². The average Bonchev–Trinajstić information content (AvgIpc) is 2.99. The number of amides is 1. The Labute approximate surface area is 134 Å². The van der Waals surface area contributed by atoms with Crippen molar-refractivity contribution in [2.45, 2.75) is 25.8 Å². The Hall–Kier alpha value is -2.22. The first-order valence-corrected chi connectivity index (χ1v) is 9.23. The van der Waals surface area contributed by atoms with Gasteiger partial charge in [-0.1, -0.05) is 0 Å². The minimum absolute atomic E-state index is 0.00106. The first kappa shape index (κ1) is 15.7. The maximum absolute atomic E-state index is 12.4. The van der Waals surface area contributed by atoms with Gasteiger partial charge in [0.2, 0.25) is 0 Å². The molecule has 1 N–H and O–H groups in total. The molecule has 23 heavy (non-hydrogen) atoms. The summed E-state index contributed by atoms with van der Waals surface area (Å²) in [6.07, 6.45) is 6.24. The monoisotopic (exact) mass is 334 g/mol. The summed E-state index contributed by atoms with van der Waals surface area (Å²) in [6, 6.07) is 3.19. The van der Waals surface area contributed by atoms with Crippen molar-refractivity contribution >= 4 is 15.7 Å². The van der Waals surface area contributed by atoms with Gasteiger partial charge in [-0.3, -0.25) is 9.36 Å². The van der Waals surface area contributed by atoms with Crippen LogP contribution in [0.15, 0.2) is 30.9 Å². The van der Waals surface area contributed by atoms with Crippen molar-refractivity contribution in [3.05, 3.63) is 42.1 Å². The molecule has 3 heterocycles. The highest BCUT2D eigenvalue weighted by molar-refractivity contribution is 7.91. The lowest BCUT2D eigenvalue weighted by Crippen LogP contribution is -2.43. The van der Waals surface area contributed by atoms with E-state index in [0.29, 0.717) is 18.7 Å². The van der Waals surface area contributed by atoms with Crippen LogP contribution in [0.2, 0.25) is 0 Å². The fourth-order valence-electron chi connectivity index (χ4n) is 2.69. The highest BCUT2D eigenvalue weighted by atomic mass is 32.2. The van der Waals surface area contributed by atoms with Crippen LogP contribution in [0.3, 0.4) is 0 Å². The molecule has 1 atom stereocenters. The fraction of sp³-hybridized carbons (Fsp3) is 0.400. The van der Waals surface area contributed by atoms with Crippen molar-refractivity contribution in [2.24, 2.45) is 0 Å². The van der Waals surface area contributed by atoms with Crippen LogP contribution >= 0.6 is 0 Å². The summed E-state index contributed by atoms with van der Waals surface area (Å²) in [4.78, 5) is 20.7. The summed E-state index contributed by atoms with van der Waals surface area (Å²) in [5.74, 6) is 0.451. The molecule has 1 amide bonds. The minimum atomic E-state index is -3.06. The van der Waals surface area contributed by atoms with Crippen LogP contribution in [0.4, 0.5) is 0 Å². The van der Waals surface area contributed by atoms with Crippen molar-refractivity contribution in [3.63, 3.8) is 0 Å². The molecule has 0 radical (unpaired) electrons. The normalized spacial score (nSPS) is 20.1. The summed E-state index contributed by atoms with van der Waals surface area (Å²) in [5, 5.41) is 2.79. The summed E-state index contributed by atoms with van der Waals surface area (Å²) in [7, 11) is -3.06. The molecule has 0 saturated carbocycles. The molecule has 122 valence electrons. The van der Waals surface area contributed by atoms with Gasteiger partial charge >= 0.3 is 0 Å². The Balaban J connectivity index is 1.80. The molecule has 1 aliphatic heterocycles. The van der Waals surface area contributed by atoms with Crippen molar-refractivity contribution in [1.29, 1.82) is 0 Å². The van der Waals surface area contributed by atoms with E-state index in [1.165, 1.54) is 0 Å². The van der Waals surface area contributed by atoms with Gasteiger partial charge in [-0.2, -0.15) is 0 Å². The van der Waals surface area contributed by atoms with Crippen LogP contribution in [-0.2, 0) is 9.84 Å². The van der Waals surface area contributed by atoms with Crippen LogP contribution in [0.5, 0.6) is 0 Å². The van der Waals surface area contributed by atoms with E-state index in [0.717, 1.165) is 5.56 Å². The molecule has 0 aliphatic carbocycles. The molecule has 1 saturated heterocycles. The molecule has 8 heteroatoms. The summed E-state index contributed by atoms with van der Waals surface area (Å²) >= 11 is 0. The van der Waals surface area contributed by atoms with Gasteiger partial charge < -0.3 is 5.32 Å². The average molecular weight is 334 g/mol. The Bertz CT molecular complexity index is 815. The number of nitrogens with zero attached hydrogens (tertiary/aromatic N) is 3. The molecule has 1 aliphatic rings. The Morgan fingerprint density at radius 2 is 2.22 bits per heavy atom. The van der Waals surface area contributed by atoms with Crippen molar-refractivity contribution < 1.29 is 13.2 Å². The summed E-state index contributed by atoms with van der Waals surface area (Å²) in [5.41, 5.74) is 1.17. The van der Waals surface area contributed by atoms with E-state index in [9.17, 15) is 13.2 Å². The second kappa shape index (κ2) is 6.11. The molecule has 0 spiro atoms. The number of nitrogens with one attached hydrogen (secondary N) is 1. The number of hydrogen-bond donors (Lipinski definition) is 1. The van der Waals surface area contributed by atoms with Crippen molar-refractivity contribution in [2.75, 3.05) is 11.5 Å². The van der Waals surface area contributed by atoms with Crippen LogP contribution in [0, 0.1) is 6.92 Å². The van der Waals surface area contributed by atoms with E-state index >= 15 is 0 Å².